The molecule has 106 valence electrons. The third-order valence-corrected chi connectivity index (χ3v) is 5.18. The first-order chi connectivity index (χ1) is 8.35. The third-order valence-electron chi connectivity index (χ3n) is 2.55. The molecule has 0 aliphatic heterocycles. The average Bonchev–Trinajstić information content (AvgIpc) is 2.26. The lowest BCUT2D eigenvalue weighted by Gasteiger charge is -2.11. The topological polar surface area (TPSA) is 26.3 Å². The summed E-state index contributed by atoms with van der Waals surface area (Å²) in [4.78, 5) is 10.9. The molecule has 0 amide bonds. The van der Waals surface area contributed by atoms with Crippen LogP contribution < -0.4 is 0 Å². The lowest BCUT2D eigenvalue weighted by molar-refractivity contribution is -0.142. The molecule has 6 heteroatoms. The second-order valence-corrected chi connectivity index (χ2v) is 13.7. The summed E-state index contributed by atoms with van der Waals surface area (Å²) >= 11 is 17.4. The fourth-order valence-corrected chi connectivity index (χ4v) is 3.45. The lowest BCUT2D eigenvalue weighted by atomic mass is 10.1. The van der Waals surface area contributed by atoms with Crippen LogP contribution in [0.25, 0.3) is 0 Å². The summed E-state index contributed by atoms with van der Waals surface area (Å²) in [6, 6.07) is -1.68. The van der Waals surface area contributed by atoms with Crippen LogP contribution in [-0.2, 0) is 9.53 Å². The molecule has 0 fully saturated rings. The van der Waals surface area contributed by atoms with Crippen LogP contribution >= 0.6 is 33.2 Å². The molecule has 2 nitrogen and oxygen atoms in total. The summed E-state index contributed by atoms with van der Waals surface area (Å²) in [6.07, 6.45) is 7.44. The molecule has 0 heterocycles. The SMILES string of the molecule is C=CC(=O)OC(C)CCCCCCC[Si](Cl)(Cl)Cl. The Hall–Kier alpha value is 0.297. The van der Waals surface area contributed by atoms with E-state index in [-0.39, 0.29) is 12.1 Å². The van der Waals surface area contributed by atoms with Crippen LogP contribution in [0.3, 0.4) is 0 Å². The first-order valence-electron chi connectivity index (χ1n) is 6.25. The number of hydrogen-bond acceptors (Lipinski definition) is 2. The summed E-state index contributed by atoms with van der Waals surface area (Å²) in [5, 5.41) is 0. The smallest absolute Gasteiger partial charge is 0.341 e. The molecule has 1 unspecified atom stereocenters. The van der Waals surface area contributed by atoms with Gasteiger partial charge in [-0.1, -0.05) is 32.3 Å². The van der Waals surface area contributed by atoms with E-state index in [2.05, 4.69) is 6.58 Å². The van der Waals surface area contributed by atoms with Crippen LogP contribution in [0.4, 0.5) is 0 Å². The molecule has 0 N–H and O–H groups in total. The van der Waals surface area contributed by atoms with Crippen LogP contribution in [0, 0.1) is 0 Å². The minimum atomic E-state index is -2.42. The Morgan fingerprint density at radius 2 is 1.78 bits per heavy atom. The highest BCUT2D eigenvalue weighted by atomic mass is 35.8. The number of carbonyl (C=O) groups is 1. The molecule has 18 heavy (non-hydrogen) atoms. The maximum atomic E-state index is 10.9. The van der Waals surface area contributed by atoms with E-state index in [0.717, 1.165) is 44.6 Å². The zero-order valence-electron chi connectivity index (χ0n) is 10.8. The Balaban J connectivity index is 3.35. The van der Waals surface area contributed by atoms with Crippen molar-refractivity contribution in [2.75, 3.05) is 0 Å². The molecule has 0 spiro atoms. The van der Waals surface area contributed by atoms with Crippen LogP contribution in [0.2, 0.25) is 6.04 Å². The fourth-order valence-electron chi connectivity index (χ4n) is 1.59. The molecule has 0 saturated carbocycles. The quantitative estimate of drug-likeness (QED) is 0.183. The Labute approximate surface area is 125 Å². The molecule has 0 aliphatic carbocycles. The molecule has 0 aromatic carbocycles. The number of halogens is 3. The van der Waals surface area contributed by atoms with Gasteiger partial charge in [-0.25, -0.2) is 4.79 Å². The Bertz CT molecular complexity index is 254. The predicted molar refractivity (Wildman–Crippen MR) is 81.6 cm³/mol. The molecule has 0 bridgehead atoms. The van der Waals surface area contributed by atoms with Gasteiger partial charge in [0.25, 0.3) is 0 Å². The van der Waals surface area contributed by atoms with Gasteiger partial charge < -0.3 is 4.74 Å². The highest BCUT2D eigenvalue weighted by Crippen LogP contribution is 2.27. The van der Waals surface area contributed by atoms with E-state index in [4.69, 9.17) is 38.0 Å². The van der Waals surface area contributed by atoms with Gasteiger partial charge in [-0.15, -0.1) is 33.2 Å². The monoisotopic (exact) mass is 330 g/mol. The fraction of sp³-hybridized carbons (Fsp3) is 0.750. The number of ether oxygens (including phenoxy) is 1. The van der Waals surface area contributed by atoms with Gasteiger partial charge in [0, 0.05) is 6.08 Å². The van der Waals surface area contributed by atoms with Gasteiger partial charge in [-0.3, -0.25) is 0 Å². The normalized spacial score (nSPS) is 13.1. The zero-order valence-corrected chi connectivity index (χ0v) is 14.0. The number of carbonyl (C=O) groups excluding carboxylic acids is 1. The predicted octanol–water partition coefficient (Wildman–Crippen LogP) is 5.10. The minimum absolute atomic E-state index is 0.0379. The van der Waals surface area contributed by atoms with E-state index in [1.54, 1.807) is 0 Å². The Morgan fingerprint density at radius 1 is 1.22 bits per heavy atom. The van der Waals surface area contributed by atoms with Gasteiger partial charge in [0.2, 0.25) is 0 Å². The van der Waals surface area contributed by atoms with Crippen molar-refractivity contribution < 1.29 is 9.53 Å². The van der Waals surface area contributed by atoms with Crippen molar-refractivity contribution in [3.63, 3.8) is 0 Å². The van der Waals surface area contributed by atoms with Crippen molar-refractivity contribution >= 4 is 45.2 Å². The lowest BCUT2D eigenvalue weighted by Crippen LogP contribution is -2.12. The summed E-state index contributed by atoms with van der Waals surface area (Å²) in [5.74, 6) is -0.352. The van der Waals surface area contributed by atoms with E-state index in [1.807, 2.05) is 6.92 Å². The molecule has 0 radical (unpaired) electrons. The van der Waals surface area contributed by atoms with Crippen molar-refractivity contribution in [3.05, 3.63) is 12.7 Å². The highest BCUT2D eigenvalue weighted by Gasteiger charge is 2.23. The van der Waals surface area contributed by atoms with E-state index in [9.17, 15) is 4.79 Å². The number of hydrogen-bond donors (Lipinski definition) is 0. The molecule has 0 rings (SSSR count). The second-order valence-electron chi connectivity index (χ2n) is 4.37. The average molecular weight is 332 g/mol. The van der Waals surface area contributed by atoms with Crippen LogP contribution in [0.5, 0.6) is 0 Å². The van der Waals surface area contributed by atoms with E-state index < -0.39 is 6.00 Å². The zero-order chi connectivity index (χ0) is 14.0. The van der Waals surface area contributed by atoms with E-state index in [0.29, 0.717) is 0 Å². The van der Waals surface area contributed by atoms with Gasteiger partial charge >= 0.3 is 12.0 Å². The van der Waals surface area contributed by atoms with E-state index >= 15 is 0 Å². The largest absolute Gasteiger partial charge is 0.460 e. The molecule has 0 saturated heterocycles. The summed E-state index contributed by atoms with van der Waals surface area (Å²) < 4.78 is 5.07. The van der Waals surface area contributed by atoms with Crippen molar-refractivity contribution in [2.45, 2.75) is 57.6 Å². The summed E-state index contributed by atoms with van der Waals surface area (Å²) in [6.45, 7) is 5.26. The van der Waals surface area contributed by atoms with Gasteiger partial charge in [0.1, 0.15) is 0 Å². The standard InChI is InChI=1S/C12H21Cl3O2Si/c1-3-12(16)17-11(2)9-7-5-4-6-8-10-18(13,14)15/h3,11H,1,4-10H2,2H3. The highest BCUT2D eigenvalue weighted by molar-refractivity contribution is 7.64. The molecule has 1 atom stereocenters. The minimum Gasteiger partial charge on any atom is -0.460 e. The first-order valence-corrected chi connectivity index (χ1v) is 11.5. The Kier molecular flexibility index (Phi) is 10.3. The molecule has 0 aliphatic rings. The third kappa shape index (κ3) is 12.7. The molecule has 0 aromatic heterocycles. The molecular formula is C12H21Cl3O2Si. The van der Waals surface area contributed by atoms with Crippen molar-refractivity contribution in [1.82, 2.24) is 0 Å². The second kappa shape index (κ2) is 10.1. The number of rotatable bonds is 10. The van der Waals surface area contributed by atoms with E-state index in [1.165, 1.54) is 6.08 Å². The van der Waals surface area contributed by atoms with Gasteiger partial charge in [0.05, 0.1) is 6.10 Å². The van der Waals surface area contributed by atoms with Gasteiger partial charge in [-0.2, -0.15) is 0 Å². The van der Waals surface area contributed by atoms with Crippen LogP contribution in [0.1, 0.15) is 45.4 Å². The van der Waals surface area contributed by atoms with Crippen molar-refractivity contribution in [3.8, 4) is 0 Å². The number of esters is 1. The van der Waals surface area contributed by atoms with Crippen molar-refractivity contribution in [2.24, 2.45) is 0 Å². The van der Waals surface area contributed by atoms with Gasteiger partial charge in [0.15, 0.2) is 0 Å². The van der Waals surface area contributed by atoms with Crippen LogP contribution in [-0.4, -0.2) is 18.1 Å². The van der Waals surface area contributed by atoms with Gasteiger partial charge in [-0.05, 0) is 25.8 Å². The van der Waals surface area contributed by atoms with Crippen LogP contribution in [0.15, 0.2) is 12.7 Å². The molecule has 0 aromatic rings. The maximum absolute atomic E-state index is 10.9. The Morgan fingerprint density at radius 3 is 2.33 bits per heavy atom. The maximum Gasteiger partial charge on any atom is 0.341 e. The van der Waals surface area contributed by atoms with Crippen molar-refractivity contribution in [1.29, 1.82) is 0 Å². The summed E-state index contributed by atoms with van der Waals surface area (Å²) in [5.41, 5.74) is 0. The summed E-state index contributed by atoms with van der Waals surface area (Å²) in [7, 11) is 0. The first kappa shape index (κ1) is 18.3. The molecular weight excluding hydrogens is 311 g/mol. The number of unbranched alkanes of at least 4 members (excludes halogenated alkanes) is 4.